The molecule has 1 unspecified atom stereocenters. The normalized spacial score (nSPS) is 20.0. The predicted octanol–water partition coefficient (Wildman–Crippen LogP) is 3.44. The lowest BCUT2D eigenvalue weighted by molar-refractivity contribution is -0.126. The van der Waals surface area contributed by atoms with Gasteiger partial charge >= 0.3 is 0 Å². The van der Waals surface area contributed by atoms with Gasteiger partial charge in [-0.1, -0.05) is 18.7 Å². The Kier molecular flexibility index (Phi) is 3.75. The summed E-state index contributed by atoms with van der Waals surface area (Å²) in [5.41, 5.74) is 3.40. The number of nitrogens with one attached hydrogen (secondary N) is 1. The lowest BCUT2D eigenvalue weighted by Crippen LogP contribution is -2.35. The molecule has 2 aliphatic rings. The van der Waals surface area contributed by atoms with Crippen LogP contribution in [-0.4, -0.2) is 43.7 Å². The van der Waals surface area contributed by atoms with Gasteiger partial charge in [0.2, 0.25) is 5.91 Å². The Bertz CT molecular complexity index is 1080. The number of phenolic OH excluding ortho intramolecular Hbond substituents is 1. The maximum absolute atomic E-state index is 12.3. The van der Waals surface area contributed by atoms with Crippen LogP contribution in [0.25, 0.3) is 22.3 Å². The van der Waals surface area contributed by atoms with Crippen molar-refractivity contribution in [1.82, 2.24) is 20.1 Å². The van der Waals surface area contributed by atoms with Crippen LogP contribution in [0.15, 0.2) is 49.1 Å². The van der Waals surface area contributed by atoms with Crippen LogP contribution in [-0.2, 0) is 11.2 Å². The van der Waals surface area contributed by atoms with Gasteiger partial charge in [-0.15, -0.1) is 10.2 Å². The Morgan fingerprint density at radius 3 is 2.89 bits per heavy atom. The number of fused-ring (bicyclic) bond motifs is 1. The van der Waals surface area contributed by atoms with Crippen molar-refractivity contribution in [2.24, 2.45) is 5.41 Å². The molecule has 2 aromatic heterocycles. The van der Waals surface area contributed by atoms with Crippen molar-refractivity contribution in [2.75, 3.05) is 6.54 Å². The minimum Gasteiger partial charge on any atom is -0.507 e. The second-order valence-corrected chi connectivity index (χ2v) is 8.08. The third-order valence-electron chi connectivity index (χ3n) is 6.10. The number of nitrogens with zero attached hydrogens (tertiary/aromatic N) is 3. The molecule has 1 saturated carbocycles. The average molecular weight is 374 g/mol. The number of hydrogen-bond donors (Lipinski definition) is 2. The summed E-state index contributed by atoms with van der Waals surface area (Å²) in [6.07, 6.45) is 5.67. The van der Waals surface area contributed by atoms with Gasteiger partial charge in [0.25, 0.3) is 0 Å². The third-order valence-corrected chi connectivity index (χ3v) is 6.10. The van der Waals surface area contributed by atoms with E-state index < -0.39 is 0 Å². The number of aromatic hydroxyl groups is 1. The van der Waals surface area contributed by atoms with E-state index >= 15 is 0 Å². The summed E-state index contributed by atoms with van der Waals surface area (Å²) in [6, 6.07) is 11.3. The van der Waals surface area contributed by atoms with Crippen LogP contribution >= 0.6 is 0 Å². The Balaban J connectivity index is 1.43. The molecule has 1 amide bonds. The lowest BCUT2D eigenvalue weighted by atomic mass is 10.0. The van der Waals surface area contributed by atoms with Crippen LogP contribution in [0.5, 0.6) is 5.75 Å². The van der Waals surface area contributed by atoms with E-state index in [1.54, 1.807) is 12.1 Å². The van der Waals surface area contributed by atoms with Crippen molar-refractivity contribution in [3.63, 3.8) is 0 Å². The van der Waals surface area contributed by atoms with E-state index in [1.807, 2.05) is 23.1 Å². The van der Waals surface area contributed by atoms with E-state index in [1.165, 1.54) is 18.9 Å². The van der Waals surface area contributed by atoms with Gasteiger partial charge in [0.1, 0.15) is 5.75 Å². The summed E-state index contributed by atoms with van der Waals surface area (Å²) >= 11 is 0. The van der Waals surface area contributed by atoms with Crippen molar-refractivity contribution in [3.8, 4) is 17.0 Å². The van der Waals surface area contributed by atoms with E-state index in [-0.39, 0.29) is 17.7 Å². The van der Waals surface area contributed by atoms with Crippen LogP contribution in [0, 0.1) is 5.41 Å². The van der Waals surface area contributed by atoms with E-state index in [4.69, 9.17) is 0 Å². The molecule has 5 rings (SSSR count). The fourth-order valence-corrected chi connectivity index (χ4v) is 4.44. The lowest BCUT2D eigenvalue weighted by Gasteiger charge is -2.22. The van der Waals surface area contributed by atoms with Crippen LogP contribution in [0.2, 0.25) is 0 Å². The Morgan fingerprint density at radius 1 is 1.32 bits per heavy atom. The second-order valence-electron chi connectivity index (χ2n) is 8.08. The fraction of sp³-hybridized carbons (Fsp3) is 0.318. The molecule has 6 nitrogen and oxygen atoms in total. The number of para-hydroxylation sites is 1. The largest absolute Gasteiger partial charge is 0.507 e. The molecule has 142 valence electrons. The van der Waals surface area contributed by atoms with E-state index in [0.717, 1.165) is 36.1 Å². The smallest absolute Gasteiger partial charge is 0.246 e. The molecule has 3 aromatic rings. The van der Waals surface area contributed by atoms with Gasteiger partial charge in [0.05, 0.1) is 5.69 Å². The number of rotatable bonds is 4. The molecule has 1 saturated heterocycles. The minimum absolute atomic E-state index is 0.0199. The summed E-state index contributed by atoms with van der Waals surface area (Å²) in [6.45, 7) is 4.50. The number of amides is 1. The van der Waals surface area contributed by atoms with Gasteiger partial charge in [-0.2, -0.15) is 0 Å². The van der Waals surface area contributed by atoms with Crippen LogP contribution < -0.4 is 0 Å². The number of benzene rings is 1. The number of hydrogen-bond acceptors (Lipinski definition) is 4. The van der Waals surface area contributed by atoms with E-state index in [9.17, 15) is 9.90 Å². The Hall–Kier alpha value is -3.15. The van der Waals surface area contributed by atoms with Crippen molar-refractivity contribution in [2.45, 2.75) is 31.7 Å². The molecule has 6 heteroatoms. The summed E-state index contributed by atoms with van der Waals surface area (Å²) < 4.78 is 0. The Labute approximate surface area is 162 Å². The molecule has 1 aliphatic carbocycles. The number of carbonyl (C=O) groups excluding carboxylic acids is 1. The Morgan fingerprint density at radius 2 is 2.14 bits per heavy atom. The zero-order valence-corrected chi connectivity index (χ0v) is 15.6. The molecular weight excluding hydrogens is 352 g/mol. The fourth-order valence-electron chi connectivity index (χ4n) is 4.44. The second kappa shape index (κ2) is 6.19. The molecule has 2 N–H and O–H groups in total. The molecule has 0 radical (unpaired) electrons. The van der Waals surface area contributed by atoms with Gasteiger partial charge in [-0.3, -0.25) is 4.79 Å². The SMILES string of the molecule is C=CC(=O)N1CC2(CC2)CC1Cc1cc2cc(-c3ccccc3O)nnc2[nH]1. The predicted molar refractivity (Wildman–Crippen MR) is 107 cm³/mol. The molecule has 1 spiro atoms. The topological polar surface area (TPSA) is 82.1 Å². The molecular formula is C22H22N4O2. The first-order valence-electron chi connectivity index (χ1n) is 9.64. The first-order valence-corrected chi connectivity index (χ1v) is 9.64. The summed E-state index contributed by atoms with van der Waals surface area (Å²) in [7, 11) is 0. The molecule has 1 aromatic carbocycles. The molecule has 1 aliphatic heterocycles. The van der Waals surface area contributed by atoms with Gasteiger partial charge < -0.3 is 15.0 Å². The maximum atomic E-state index is 12.3. The first-order chi connectivity index (χ1) is 13.6. The molecule has 1 atom stereocenters. The maximum Gasteiger partial charge on any atom is 0.246 e. The highest BCUT2D eigenvalue weighted by Gasteiger charge is 2.52. The van der Waals surface area contributed by atoms with Crippen molar-refractivity contribution < 1.29 is 9.90 Å². The first kappa shape index (κ1) is 17.0. The number of aromatic amines is 1. The van der Waals surface area contributed by atoms with Crippen LogP contribution in [0.3, 0.4) is 0 Å². The van der Waals surface area contributed by atoms with E-state index in [2.05, 4.69) is 27.8 Å². The minimum atomic E-state index is 0.0199. The third kappa shape index (κ3) is 2.85. The van der Waals surface area contributed by atoms with Gasteiger partial charge in [-0.05, 0) is 55.0 Å². The highest BCUT2D eigenvalue weighted by Crippen LogP contribution is 2.55. The number of carbonyl (C=O) groups is 1. The monoisotopic (exact) mass is 374 g/mol. The summed E-state index contributed by atoms with van der Waals surface area (Å²) in [5.74, 6) is 0.206. The molecule has 0 bridgehead atoms. The molecule has 2 fully saturated rings. The zero-order valence-electron chi connectivity index (χ0n) is 15.6. The quantitative estimate of drug-likeness (QED) is 0.686. The molecule has 3 heterocycles. The number of H-pyrrole nitrogens is 1. The van der Waals surface area contributed by atoms with Crippen LogP contribution in [0.1, 0.15) is 25.0 Å². The molecule has 28 heavy (non-hydrogen) atoms. The van der Waals surface area contributed by atoms with Crippen molar-refractivity contribution >= 4 is 16.9 Å². The average Bonchev–Trinajstić information content (AvgIpc) is 3.18. The highest BCUT2D eigenvalue weighted by atomic mass is 16.3. The summed E-state index contributed by atoms with van der Waals surface area (Å²) in [5, 5.41) is 19.6. The summed E-state index contributed by atoms with van der Waals surface area (Å²) in [4.78, 5) is 17.6. The van der Waals surface area contributed by atoms with Gasteiger partial charge in [-0.25, -0.2) is 0 Å². The standard InChI is InChI=1S/C22H22N4O2/c1-2-20(28)26-13-22(7-8-22)12-16(26)11-15-9-14-10-18(24-25-21(14)23-15)17-5-3-4-6-19(17)27/h2-6,9-10,16,27H,1,7-8,11-13H2,(H,23,25). The van der Waals surface area contributed by atoms with Gasteiger partial charge in [0.15, 0.2) is 5.65 Å². The van der Waals surface area contributed by atoms with Crippen molar-refractivity contribution in [3.05, 3.63) is 54.7 Å². The van der Waals surface area contributed by atoms with E-state index in [0.29, 0.717) is 16.7 Å². The van der Waals surface area contributed by atoms with Gasteiger partial charge in [0, 0.05) is 35.7 Å². The van der Waals surface area contributed by atoms with Crippen LogP contribution in [0.4, 0.5) is 0 Å². The number of aromatic nitrogens is 3. The number of likely N-dealkylation sites (tertiary alicyclic amines) is 1. The zero-order chi connectivity index (χ0) is 19.3. The van der Waals surface area contributed by atoms with Crippen molar-refractivity contribution in [1.29, 1.82) is 0 Å². The number of phenols is 1. The highest BCUT2D eigenvalue weighted by molar-refractivity contribution is 5.87.